The van der Waals surface area contributed by atoms with Gasteiger partial charge in [0.15, 0.2) is 0 Å². The molecule has 2 fully saturated rings. The third-order valence-corrected chi connectivity index (χ3v) is 5.06. The van der Waals surface area contributed by atoms with Crippen molar-refractivity contribution < 1.29 is 4.74 Å². The number of rotatable bonds is 3. The van der Waals surface area contributed by atoms with Gasteiger partial charge in [-0.3, -0.25) is 0 Å². The summed E-state index contributed by atoms with van der Waals surface area (Å²) in [5.74, 6) is 2.65. The molecule has 26 heavy (non-hydrogen) atoms. The maximum absolute atomic E-state index is 6.28. The van der Waals surface area contributed by atoms with Crippen molar-refractivity contribution in [3.05, 3.63) is 35.1 Å². The summed E-state index contributed by atoms with van der Waals surface area (Å²) in [7, 11) is 0. The van der Waals surface area contributed by atoms with Crippen molar-refractivity contribution in [2.45, 2.75) is 6.92 Å². The molecule has 0 amide bonds. The summed E-state index contributed by atoms with van der Waals surface area (Å²) in [6, 6.07) is 5.79. The molecule has 8 heteroatoms. The molecular weight excluding hydrogens is 352 g/mol. The Kier molecular flexibility index (Phi) is 5.08. The molecule has 4 heterocycles. The zero-order valence-corrected chi connectivity index (χ0v) is 15.7. The average molecular weight is 375 g/mol. The summed E-state index contributed by atoms with van der Waals surface area (Å²) in [5.41, 5.74) is 0.992. The number of pyridine rings is 1. The molecule has 2 aromatic rings. The monoisotopic (exact) mass is 374 g/mol. The highest BCUT2D eigenvalue weighted by Crippen LogP contribution is 2.25. The summed E-state index contributed by atoms with van der Waals surface area (Å²) in [6.07, 6.45) is 1.78. The Balaban J connectivity index is 1.47. The number of halogens is 1. The van der Waals surface area contributed by atoms with Crippen molar-refractivity contribution in [1.29, 1.82) is 0 Å². The van der Waals surface area contributed by atoms with Gasteiger partial charge in [0.05, 0.1) is 18.2 Å². The van der Waals surface area contributed by atoms with Crippen LogP contribution in [-0.2, 0) is 4.74 Å². The molecule has 0 unspecified atom stereocenters. The van der Waals surface area contributed by atoms with E-state index in [-0.39, 0.29) is 0 Å². The number of nitrogens with zero attached hydrogens (tertiary/aromatic N) is 6. The smallest absolute Gasteiger partial charge is 0.227 e. The lowest BCUT2D eigenvalue weighted by Crippen LogP contribution is -2.47. The fourth-order valence-electron chi connectivity index (χ4n) is 3.36. The lowest BCUT2D eigenvalue weighted by molar-refractivity contribution is 0.122. The molecule has 2 aromatic heterocycles. The molecule has 0 saturated carbocycles. The normalized spacial score (nSPS) is 18.3. The minimum absolute atomic E-state index is 0.697. The van der Waals surface area contributed by atoms with Gasteiger partial charge < -0.3 is 19.4 Å². The van der Waals surface area contributed by atoms with Crippen LogP contribution >= 0.6 is 11.6 Å². The van der Waals surface area contributed by atoms with E-state index in [1.165, 1.54) is 0 Å². The van der Waals surface area contributed by atoms with E-state index in [1.54, 1.807) is 6.20 Å². The van der Waals surface area contributed by atoms with E-state index < -0.39 is 0 Å². The Bertz CT molecular complexity index is 759. The Labute approximate surface area is 158 Å². The second-order valence-electron chi connectivity index (χ2n) is 6.55. The molecule has 2 aliphatic heterocycles. The predicted octanol–water partition coefficient (Wildman–Crippen LogP) is 2.00. The van der Waals surface area contributed by atoms with Crippen molar-refractivity contribution in [2.24, 2.45) is 0 Å². The number of ether oxygens (including phenoxy) is 1. The number of hydrogen-bond acceptors (Lipinski definition) is 7. The van der Waals surface area contributed by atoms with Gasteiger partial charge in [-0.05, 0) is 19.1 Å². The third-order valence-electron chi connectivity index (χ3n) is 4.77. The van der Waals surface area contributed by atoms with Crippen LogP contribution in [0.1, 0.15) is 5.69 Å². The van der Waals surface area contributed by atoms with Crippen LogP contribution in [0.5, 0.6) is 0 Å². The number of morpholine rings is 1. The maximum atomic E-state index is 6.28. The van der Waals surface area contributed by atoms with Crippen LogP contribution in [-0.4, -0.2) is 67.4 Å². The minimum Gasteiger partial charge on any atom is -0.378 e. The van der Waals surface area contributed by atoms with Crippen molar-refractivity contribution in [2.75, 3.05) is 67.2 Å². The average Bonchev–Trinajstić information content (AvgIpc) is 2.69. The Hall–Kier alpha value is -2.12. The van der Waals surface area contributed by atoms with E-state index in [1.807, 2.05) is 19.1 Å². The van der Waals surface area contributed by atoms with Crippen LogP contribution in [0.25, 0.3) is 0 Å². The van der Waals surface area contributed by atoms with Crippen molar-refractivity contribution in [3.8, 4) is 0 Å². The molecule has 0 spiro atoms. The van der Waals surface area contributed by atoms with Gasteiger partial charge in [0.1, 0.15) is 11.6 Å². The summed E-state index contributed by atoms with van der Waals surface area (Å²) < 4.78 is 5.44. The second kappa shape index (κ2) is 7.63. The quantitative estimate of drug-likeness (QED) is 0.814. The molecule has 4 rings (SSSR count). The van der Waals surface area contributed by atoms with E-state index in [2.05, 4.69) is 30.7 Å². The summed E-state index contributed by atoms with van der Waals surface area (Å²) >= 11 is 6.28. The number of piperazine rings is 1. The van der Waals surface area contributed by atoms with E-state index in [9.17, 15) is 0 Å². The molecule has 0 aromatic carbocycles. The molecule has 0 radical (unpaired) electrons. The SMILES string of the molecule is Cc1cc(N2CCOCC2)nc(N2CCN(c3ncccc3Cl)CC2)n1. The molecule has 2 aliphatic rings. The van der Waals surface area contributed by atoms with Gasteiger partial charge in [0, 0.05) is 57.2 Å². The highest BCUT2D eigenvalue weighted by molar-refractivity contribution is 6.32. The zero-order chi connectivity index (χ0) is 17.9. The first kappa shape index (κ1) is 17.3. The molecule has 138 valence electrons. The molecule has 7 nitrogen and oxygen atoms in total. The molecule has 0 N–H and O–H groups in total. The van der Waals surface area contributed by atoms with E-state index in [4.69, 9.17) is 21.3 Å². The highest BCUT2D eigenvalue weighted by Gasteiger charge is 2.23. The van der Waals surface area contributed by atoms with Crippen LogP contribution in [0.4, 0.5) is 17.6 Å². The fraction of sp³-hybridized carbons (Fsp3) is 0.500. The number of anilines is 3. The largest absolute Gasteiger partial charge is 0.378 e. The summed E-state index contributed by atoms with van der Waals surface area (Å²) in [5, 5.41) is 0.697. The first-order valence-corrected chi connectivity index (χ1v) is 9.37. The highest BCUT2D eigenvalue weighted by atomic mass is 35.5. The van der Waals surface area contributed by atoms with Gasteiger partial charge in [-0.1, -0.05) is 11.6 Å². The second-order valence-corrected chi connectivity index (χ2v) is 6.96. The topological polar surface area (TPSA) is 57.6 Å². The van der Waals surface area contributed by atoms with Gasteiger partial charge in [-0.15, -0.1) is 0 Å². The maximum Gasteiger partial charge on any atom is 0.227 e. The molecular formula is C18H23ClN6O. The van der Waals surface area contributed by atoms with Crippen molar-refractivity contribution >= 4 is 29.2 Å². The van der Waals surface area contributed by atoms with Crippen LogP contribution in [0, 0.1) is 6.92 Å². The Morgan fingerprint density at radius 3 is 2.42 bits per heavy atom. The lowest BCUT2D eigenvalue weighted by Gasteiger charge is -2.36. The Morgan fingerprint density at radius 2 is 1.69 bits per heavy atom. The third kappa shape index (κ3) is 3.68. The number of hydrogen-bond donors (Lipinski definition) is 0. The van der Waals surface area contributed by atoms with Gasteiger partial charge in [-0.2, -0.15) is 4.98 Å². The standard InChI is InChI=1S/C18H23ClN6O/c1-14-13-16(23-9-11-26-12-10-23)22-18(21-14)25-7-5-24(6-8-25)17-15(19)3-2-4-20-17/h2-4,13H,5-12H2,1H3. The molecule has 0 aliphatic carbocycles. The first-order valence-electron chi connectivity index (χ1n) is 8.99. The van der Waals surface area contributed by atoms with Gasteiger partial charge in [-0.25, -0.2) is 9.97 Å². The molecule has 0 atom stereocenters. The van der Waals surface area contributed by atoms with Crippen LogP contribution in [0.15, 0.2) is 24.4 Å². The van der Waals surface area contributed by atoms with Crippen molar-refractivity contribution in [1.82, 2.24) is 15.0 Å². The van der Waals surface area contributed by atoms with Crippen LogP contribution < -0.4 is 14.7 Å². The van der Waals surface area contributed by atoms with Crippen LogP contribution in [0.2, 0.25) is 5.02 Å². The molecule has 2 saturated heterocycles. The van der Waals surface area contributed by atoms with Gasteiger partial charge in [0.2, 0.25) is 5.95 Å². The fourth-order valence-corrected chi connectivity index (χ4v) is 3.60. The number of aromatic nitrogens is 3. The minimum atomic E-state index is 0.697. The zero-order valence-electron chi connectivity index (χ0n) is 14.9. The van der Waals surface area contributed by atoms with E-state index in [0.717, 1.165) is 75.8 Å². The van der Waals surface area contributed by atoms with E-state index in [0.29, 0.717) is 5.02 Å². The lowest BCUT2D eigenvalue weighted by atomic mass is 10.3. The Morgan fingerprint density at radius 1 is 0.962 bits per heavy atom. The van der Waals surface area contributed by atoms with Crippen LogP contribution in [0.3, 0.4) is 0 Å². The summed E-state index contributed by atoms with van der Waals surface area (Å²) in [4.78, 5) is 20.6. The number of aryl methyl sites for hydroxylation is 1. The molecule has 0 bridgehead atoms. The summed E-state index contributed by atoms with van der Waals surface area (Å²) in [6.45, 7) is 8.67. The van der Waals surface area contributed by atoms with E-state index >= 15 is 0 Å². The van der Waals surface area contributed by atoms with Crippen molar-refractivity contribution in [3.63, 3.8) is 0 Å². The van der Waals surface area contributed by atoms with Gasteiger partial charge in [0.25, 0.3) is 0 Å². The predicted molar refractivity (Wildman–Crippen MR) is 103 cm³/mol. The van der Waals surface area contributed by atoms with Gasteiger partial charge >= 0.3 is 0 Å². The first-order chi connectivity index (χ1) is 12.7.